The lowest BCUT2D eigenvalue weighted by atomic mass is 10.0. The summed E-state index contributed by atoms with van der Waals surface area (Å²) in [6.45, 7) is 0. The van der Waals surface area contributed by atoms with Gasteiger partial charge in [0.15, 0.2) is 0 Å². The summed E-state index contributed by atoms with van der Waals surface area (Å²) in [7, 11) is 0. The van der Waals surface area contributed by atoms with Crippen molar-refractivity contribution in [3.8, 4) is 5.69 Å². The Bertz CT molecular complexity index is 2070. The Labute approximate surface area is 195 Å². The summed E-state index contributed by atoms with van der Waals surface area (Å²) in [5.41, 5.74) is 6.02. The quantitative estimate of drug-likeness (QED) is 0.268. The van der Waals surface area contributed by atoms with Crippen molar-refractivity contribution >= 4 is 65.2 Å². The van der Waals surface area contributed by atoms with E-state index in [9.17, 15) is 0 Å². The maximum Gasteiger partial charge on any atom is 0.0562 e. The Morgan fingerprint density at radius 1 is 0.441 bits per heavy atom. The lowest BCUT2D eigenvalue weighted by Crippen LogP contribution is -1.95. The van der Waals surface area contributed by atoms with Gasteiger partial charge in [-0.3, -0.25) is 0 Å². The first-order valence-corrected chi connectivity index (χ1v) is 11.7. The van der Waals surface area contributed by atoms with Gasteiger partial charge in [0.1, 0.15) is 0 Å². The molecule has 0 aliphatic rings. The minimum Gasteiger partial charge on any atom is -0.354 e. The number of benzene rings is 6. The molecule has 158 valence electrons. The molecule has 1 N–H and O–H groups in total. The standard InChI is InChI=1S/C32H20N2/c1-3-11-22-20(8-1)10-7-15-29(22)34-30-17-16-21-9-2-4-12-23(21)32(30)26-18-25-24-13-5-6-14-27(24)33-28(25)19-31(26)34/h1-19,33H. The molecule has 0 spiro atoms. The second-order valence-electron chi connectivity index (χ2n) is 9.10. The van der Waals surface area contributed by atoms with Gasteiger partial charge in [0.25, 0.3) is 0 Å². The SMILES string of the molecule is c1ccc2c(-n3c4cc5[nH]c6ccccc6c5cc4c4c5ccccc5ccc43)cccc2c1. The maximum absolute atomic E-state index is 3.65. The van der Waals surface area contributed by atoms with Crippen LogP contribution in [0.1, 0.15) is 0 Å². The Morgan fingerprint density at radius 2 is 1.15 bits per heavy atom. The molecule has 0 aliphatic heterocycles. The van der Waals surface area contributed by atoms with Crippen molar-refractivity contribution in [3.05, 3.63) is 115 Å². The highest BCUT2D eigenvalue weighted by molar-refractivity contribution is 6.25. The van der Waals surface area contributed by atoms with Crippen molar-refractivity contribution in [2.45, 2.75) is 0 Å². The average Bonchev–Trinajstić information content (AvgIpc) is 3.42. The molecule has 0 radical (unpaired) electrons. The fourth-order valence-corrected chi connectivity index (χ4v) is 5.79. The Hall–Kier alpha value is -4.56. The molecular formula is C32H20N2. The number of nitrogens with zero attached hydrogens (tertiary/aromatic N) is 1. The highest BCUT2D eigenvalue weighted by Crippen LogP contribution is 2.41. The lowest BCUT2D eigenvalue weighted by Gasteiger charge is -2.12. The molecule has 0 aliphatic carbocycles. The van der Waals surface area contributed by atoms with E-state index in [0.717, 1.165) is 0 Å². The number of H-pyrrole nitrogens is 1. The van der Waals surface area contributed by atoms with Crippen LogP contribution in [0.2, 0.25) is 0 Å². The molecule has 2 nitrogen and oxygen atoms in total. The third-order valence-electron chi connectivity index (χ3n) is 7.29. The molecule has 2 heteroatoms. The fraction of sp³-hybridized carbons (Fsp3) is 0. The van der Waals surface area contributed by atoms with Crippen molar-refractivity contribution < 1.29 is 0 Å². The first-order chi connectivity index (χ1) is 16.9. The lowest BCUT2D eigenvalue weighted by molar-refractivity contribution is 1.20. The van der Waals surface area contributed by atoms with Crippen molar-refractivity contribution in [2.24, 2.45) is 0 Å². The van der Waals surface area contributed by atoms with Gasteiger partial charge < -0.3 is 9.55 Å². The predicted octanol–water partition coefficient (Wildman–Crippen LogP) is 8.72. The Morgan fingerprint density at radius 3 is 2.03 bits per heavy atom. The number of hydrogen-bond acceptors (Lipinski definition) is 0. The summed E-state index contributed by atoms with van der Waals surface area (Å²) in [6.07, 6.45) is 0. The van der Waals surface area contributed by atoms with Crippen LogP contribution >= 0.6 is 0 Å². The van der Waals surface area contributed by atoms with Crippen LogP contribution in [0.15, 0.2) is 115 Å². The number of nitrogens with one attached hydrogen (secondary N) is 1. The molecule has 0 unspecified atom stereocenters. The van der Waals surface area contributed by atoms with Gasteiger partial charge in [-0.2, -0.15) is 0 Å². The van der Waals surface area contributed by atoms with Gasteiger partial charge in [-0.15, -0.1) is 0 Å². The van der Waals surface area contributed by atoms with E-state index in [1.54, 1.807) is 0 Å². The van der Waals surface area contributed by atoms with Crippen LogP contribution in [-0.4, -0.2) is 9.55 Å². The van der Waals surface area contributed by atoms with Gasteiger partial charge in [0, 0.05) is 38.0 Å². The van der Waals surface area contributed by atoms with Gasteiger partial charge in [-0.25, -0.2) is 0 Å². The topological polar surface area (TPSA) is 20.7 Å². The van der Waals surface area contributed by atoms with Gasteiger partial charge in [0.05, 0.1) is 16.7 Å². The molecule has 0 saturated heterocycles. The molecule has 6 aromatic carbocycles. The fourth-order valence-electron chi connectivity index (χ4n) is 5.79. The smallest absolute Gasteiger partial charge is 0.0562 e. The van der Waals surface area contributed by atoms with Gasteiger partial charge in [-0.05, 0) is 46.5 Å². The van der Waals surface area contributed by atoms with Crippen LogP contribution in [0.25, 0.3) is 70.8 Å². The van der Waals surface area contributed by atoms with Crippen LogP contribution in [0.4, 0.5) is 0 Å². The van der Waals surface area contributed by atoms with E-state index in [-0.39, 0.29) is 0 Å². The Balaban J connectivity index is 1.65. The molecule has 8 rings (SSSR count). The van der Waals surface area contributed by atoms with Gasteiger partial charge in [0.2, 0.25) is 0 Å². The largest absolute Gasteiger partial charge is 0.354 e. The number of hydrogen-bond donors (Lipinski definition) is 1. The molecule has 2 heterocycles. The molecule has 2 aromatic heterocycles. The third-order valence-corrected chi connectivity index (χ3v) is 7.29. The van der Waals surface area contributed by atoms with Crippen LogP contribution in [-0.2, 0) is 0 Å². The number of fused-ring (bicyclic) bond motifs is 9. The van der Waals surface area contributed by atoms with Crippen LogP contribution in [0, 0.1) is 0 Å². The normalized spacial score (nSPS) is 12.1. The van der Waals surface area contributed by atoms with E-state index in [1.165, 1.54) is 70.8 Å². The highest BCUT2D eigenvalue weighted by Gasteiger charge is 2.18. The summed E-state index contributed by atoms with van der Waals surface area (Å²) in [5.74, 6) is 0. The average molecular weight is 433 g/mol. The van der Waals surface area contributed by atoms with Gasteiger partial charge in [-0.1, -0.05) is 84.9 Å². The maximum atomic E-state index is 3.65. The second-order valence-corrected chi connectivity index (χ2v) is 9.10. The van der Waals surface area contributed by atoms with Crippen LogP contribution in [0.3, 0.4) is 0 Å². The van der Waals surface area contributed by atoms with E-state index in [1.807, 2.05) is 0 Å². The summed E-state index contributed by atoms with van der Waals surface area (Å²) < 4.78 is 2.45. The van der Waals surface area contributed by atoms with E-state index in [4.69, 9.17) is 0 Å². The van der Waals surface area contributed by atoms with Gasteiger partial charge >= 0.3 is 0 Å². The zero-order chi connectivity index (χ0) is 22.2. The Kier molecular flexibility index (Phi) is 3.42. The molecule has 0 fully saturated rings. The summed E-state index contributed by atoms with van der Waals surface area (Å²) in [6, 6.07) is 41.8. The monoisotopic (exact) mass is 432 g/mol. The van der Waals surface area contributed by atoms with Crippen molar-refractivity contribution in [2.75, 3.05) is 0 Å². The predicted molar refractivity (Wildman–Crippen MR) is 145 cm³/mol. The first kappa shape index (κ1) is 17.9. The first-order valence-electron chi connectivity index (χ1n) is 11.7. The van der Waals surface area contributed by atoms with Crippen molar-refractivity contribution in [1.29, 1.82) is 0 Å². The molecule has 34 heavy (non-hydrogen) atoms. The highest BCUT2D eigenvalue weighted by atomic mass is 15.0. The van der Waals surface area contributed by atoms with E-state index < -0.39 is 0 Å². The molecule has 0 saturated carbocycles. The van der Waals surface area contributed by atoms with E-state index >= 15 is 0 Å². The zero-order valence-corrected chi connectivity index (χ0v) is 18.4. The van der Waals surface area contributed by atoms with Crippen molar-refractivity contribution in [1.82, 2.24) is 9.55 Å². The van der Waals surface area contributed by atoms with Crippen LogP contribution < -0.4 is 0 Å². The zero-order valence-electron chi connectivity index (χ0n) is 18.4. The summed E-state index contributed by atoms with van der Waals surface area (Å²) in [4.78, 5) is 3.65. The number of rotatable bonds is 1. The summed E-state index contributed by atoms with van der Waals surface area (Å²) >= 11 is 0. The number of aromatic nitrogens is 2. The minimum absolute atomic E-state index is 1.17. The number of para-hydroxylation sites is 1. The van der Waals surface area contributed by atoms with Crippen molar-refractivity contribution in [3.63, 3.8) is 0 Å². The summed E-state index contributed by atoms with van der Waals surface area (Å²) in [5, 5.41) is 10.2. The minimum atomic E-state index is 1.17. The van der Waals surface area contributed by atoms with E-state index in [2.05, 4.69) is 125 Å². The van der Waals surface area contributed by atoms with Crippen LogP contribution in [0.5, 0.6) is 0 Å². The molecule has 0 amide bonds. The second kappa shape index (κ2) is 6.49. The number of aromatic amines is 1. The molecule has 0 atom stereocenters. The molecular weight excluding hydrogens is 412 g/mol. The third kappa shape index (κ3) is 2.29. The molecule has 0 bridgehead atoms. The van der Waals surface area contributed by atoms with E-state index in [0.29, 0.717) is 0 Å². The molecule has 8 aromatic rings.